The Labute approximate surface area is 160 Å². The van der Waals surface area contributed by atoms with Gasteiger partial charge < -0.3 is 14.5 Å². The SMILES string of the molecule is CCC(=O)N1CCOc2ccc(CN(C(C)=O)c3ccc(C)cc3)cc2C1. The Balaban J connectivity index is 1.84. The van der Waals surface area contributed by atoms with Crippen LogP contribution in [0, 0.1) is 6.92 Å². The topological polar surface area (TPSA) is 49.9 Å². The summed E-state index contributed by atoms with van der Waals surface area (Å²) in [5.41, 5.74) is 4.03. The van der Waals surface area contributed by atoms with Crippen molar-refractivity contribution in [1.29, 1.82) is 0 Å². The van der Waals surface area contributed by atoms with Crippen LogP contribution >= 0.6 is 0 Å². The molecule has 0 unspecified atom stereocenters. The highest BCUT2D eigenvalue weighted by Crippen LogP contribution is 2.26. The van der Waals surface area contributed by atoms with Gasteiger partial charge in [0.2, 0.25) is 11.8 Å². The Morgan fingerprint density at radius 2 is 1.89 bits per heavy atom. The van der Waals surface area contributed by atoms with Crippen LogP contribution in [0.25, 0.3) is 0 Å². The molecule has 5 nitrogen and oxygen atoms in total. The Bertz CT molecular complexity index is 830. The molecule has 2 aromatic carbocycles. The van der Waals surface area contributed by atoms with Crippen LogP contribution in [0.5, 0.6) is 5.75 Å². The molecule has 5 heteroatoms. The van der Waals surface area contributed by atoms with Gasteiger partial charge in [0.15, 0.2) is 0 Å². The van der Waals surface area contributed by atoms with E-state index < -0.39 is 0 Å². The van der Waals surface area contributed by atoms with Gasteiger partial charge in [-0.05, 0) is 36.8 Å². The predicted octanol–water partition coefficient (Wildman–Crippen LogP) is 3.68. The summed E-state index contributed by atoms with van der Waals surface area (Å²) < 4.78 is 5.80. The van der Waals surface area contributed by atoms with Crippen LogP contribution in [0.3, 0.4) is 0 Å². The van der Waals surface area contributed by atoms with Crippen molar-refractivity contribution in [2.45, 2.75) is 40.3 Å². The first-order valence-electron chi connectivity index (χ1n) is 9.35. The maximum Gasteiger partial charge on any atom is 0.224 e. The lowest BCUT2D eigenvalue weighted by molar-refractivity contribution is -0.131. The number of aryl methyl sites for hydroxylation is 1. The van der Waals surface area contributed by atoms with Gasteiger partial charge in [0.25, 0.3) is 0 Å². The number of benzene rings is 2. The fourth-order valence-electron chi connectivity index (χ4n) is 3.27. The number of anilines is 1. The van der Waals surface area contributed by atoms with E-state index in [0.29, 0.717) is 32.7 Å². The number of ether oxygens (including phenoxy) is 1. The van der Waals surface area contributed by atoms with Crippen LogP contribution in [0.1, 0.15) is 37.0 Å². The van der Waals surface area contributed by atoms with E-state index in [9.17, 15) is 9.59 Å². The van der Waals surface area contributed by atoms with Crippen molar-refractivity contribution in [2.24, 2.45) is 0 Å². The molecule has 1 aliphatic rings. The van der Waals surface area contributed by atoms with Gasteiger partial charge in [0.05, 0.1) is 13.1 Å². The highest BCUT2D eigenvalue weighted by Gasteiger charge is 2.20. The zero-order chi connectivity index (χ0) is 19.4. The molecule has 0 aromatic heterocycles. The van der Waals surface area contributed by atoms with E-state index >= 15 is 0 Å². The van der Waals surface area contributed by atoms with Crippen molar-refractivity contribution >= 4 is 17.5 Å². The number of amides is 2. The minimum atomic E-state index is -0.00664. The van der Waals surface area contributed by atoms with Gasteiger partial charge in [-0.15, -0.1) is 0 Å². The summed E-state index contributed by atoms with van der Waals surface area (Å²) in [4.78, 5) is 27.9. The molecule has 1 aliphatic heterocycles. The van der Waals surface area contributed by atoms with E-state index in [2.05, 4.69) is 0 Å². The lowest BCUT2D eigenvalue weighted by Crippen LogP contribution is -2.31. The smallest absolute Gasteiger partial charge is 0.224 e. The second-order valence-corrected chi connectivity index (χ2v) is 6.90. The molecule has 0 N–H and O–H groups in total. The molecule has 2 amide bonds. The van der Waals surface area contributed by atoms with E-state index in [0.717, 1.165) is 28.1 Å². The summed E-state index contributed by atoms with van der Waals surface area (Å²) in [5, 5.41) is 0. The average Bonchev–Trinajstić information content (AvgIpc) is 2.88. The molecule has 0 aliphatic carbocycles. The van der Waals surface area contributed by atoms with Crippen LogP contribution in [0.2, 0.25) is 0 Å². The zero-order valence-electron chi connectivity index (χ0n) is 16.2. The molecule has 142 valence electrons. The molecule has 0 bridgehead atoms. The summed E-state index contributed by atoms with van der Waals surface area (Å²) in [7, 11) is 0. The molecule has 0 radical (unpaired) electrons. The molecule has 3 rings (SSSR count). The third-order valence-electron chi connectivity index (χ3n) is 4.83. The highest BCUT2D eigenvalue weighted by molar-refractivity contribution is 5.91. The average molecular weight is 366 g/mol. The molecular weight excluding hydrogens is 340 g/mol. The number of fused-ring (bicyclic) bond motifs is 1. The summed E-state index contributed by atoms with van der Waals surface area (Å²) in [5.74, 6) is 0.935. The summed E-state index contributed by atoms with van der Waals surface area (Å²) in [6.07, 6.45) is 0.487. The number of carbonyl (C=O) groups excluding carboxylic acids is 2. The van der Waals surface area contributed by atoms with Gasteiger partial charge in [-0.1, -0.05) is 30.7 Å². The van der Waals surface area contributed by atoms with Crippen LogP contribution in [0.15, 0.2) is 42.5 Å². The van der Waals surface area contributed by atoms with Gasteiger partial charge >= 0.3 is 0 Å². The molecule has 27 heavy (non-hydrogen) atoms. The largest absolute Gasteiger partial charge is 0.491 e. The summed E-state index contributed by atoms with van der Waals surface area (Å²) in [6.45, 7) is 7.60. The molecule has 1 heterocycles. The van der Waals surface area contributed by atoms with Gasteiger partial charge in [0.1, 0.15) is 12.4 Å². The van der Waals surface area contributed by atoms with Gasteiger partial charge in [-0.2, -0.15) is 0 Å². The van der Waals surface area contributed by atoms with Crippen molar-refractivity contribution in [3.8, 4) is 5.75 Å². The lowest BCUT2D eigenvalue weighted by Gasteiger charge is -2.23. The number of carbonyl (C=O) groups is 2. The van der Waals surface area contributed by atoms with Gasteiger partial charge in [-0.3, -0.25) is 9.59 Å². The van der Waals surface area contributed by atoms with Crippen molar-refractivity contribution in [3.05, 3.63) is 59.2 Å². The van der Waals surface area contributed by atoms with E-state index in [4.69, 9.17) is 4.74 Å². The van der Waals surface area contributed by atoms with Crippen LogP contribution < -0.4 is 9.64 Å². The molecule has 0 atom stereocenters. The molecule has 0 saturated carbocycles. The third-order valence-corrected chi connectivity index (χ3v) is 4.83. The first kappa shape index (κ1) is 19.0. The molecular formula is C22H26N2O3. The summed E-state index contributed by atoms with van der Waals surface area (Å²) in [6, 6.07) is 13.9. The molecule has 0 spiro atoms. The Morgan fingerprint density at radius 1 is 1.15 bits per heavy atom. The fourth-order valence-corrected chi connectivity index (χ4v) is 3.27. The van der Waals surface area contributed by atoms with E-state index in [1.165, 1.54) is 0 Å². The third kappa shape index (κ3) is 4.48. The molecule has 2 aromatic rings. The van der Waals surface area contributed by atoms with Gasteiger partial charge in [-0.25, -0.2) is 0 Å². The standard InChI is InChI=1S/C22H26N2O3/c1-4-22(26)23-11-12-27-21-10-7-18(13-19(21)15-23)14-24(17(3)25)20-8-5-16(2)6-9-20/h5-10,13H,4,11-12,14-15H2,1-3H3. The monoisotopic (exact) mass is 366 g/mol. The first-order chi connectivity index (χ1) is 13.0. The van der Waals surface area contributed by atoms with E-state index in [-0.39, 0.29) is 11.8 Å². The first-order valence-corrected chi connectivity index (χ1v) is 9.35. The Hall–Kier alpha value is -2.82. The van der Waals surface area contributed by atoms with E-state index in [1.54, 1.807) is 11.8 Å². The number of hydrogen-bond donors (Lipinski definition) is 0. The van der Waals surface area contributed by atoms with Gasteiger partial charge in [0, 0.05) is 31.1 Å². The molecule has 0 saturated heterocycles. The zero-order valence-corrected chi connectivity index (χ0v) is 16.2. The van der Waals surface area contributed by atoms with E-state index in [1.807, 2.05) is 61.2 Å². The maximum absolute atomic E-state index is 12.2. The van der Waals surface area contributed by atoms with Crippen molar-refractivity contribution in [3.63, 3.8) is 0 Å². The molecule has 0 fully saturated rings. The second kappa shape index (κ2) is 8.25. The number of rotatable bonds is 4. The van der Waals surface area contributed by atoms with Crippen molar-refractivity contribution in [1.82, 2.24) is 4.90 Å². The van der Waals surface area contributed by atoms with Crippen LogP contribution in [-0.4, -0.2) is 29.9 Å². The van der Waals surface area contributed by atoms with Crippen molar-refractivity contribution in [2.75, 3.05) is 18.1 Å². The normalized spacial score (nSPS) is 13.4. The van der Waals surface area contributed by atoms with Crippen LogP contribution in [0.4, 0.5) is 5.69 Å². The number of hydrogen-bond acceptors (Lipinski definition) is 3. The predicted molar refractivity (Wildman–Crippen MR) is 106 cm³/mol. The lowest BCUT2D eigenvalue weighted by atomic mass is 10.1. The Kier molecular flexibility index (Phi) is 5.79. The maximum atomic E-state index is 12.2. The minimum absolute atomic E-state index is 0.00664. The quantitative estimate of drug-likeness (QED) is 0.829. The number of nitrogens with zero attached hydrogens (tertiary/aromatic N) is 2. The minimum Gasteiger partial charge on any atom is -0.491 e. The summed E-state index contributed by atoms with van der Waals surface area (Å²) >= 11 is 0. The Morgan fingerprint density at radius 3 is 2.56 bits per heavy atom. The van der Waals surface area contributed by atoms with Crippen LogP contribution in [-0.2, 0) is 22.7 Å². The highest BCUT2D eigenvalue weighted by atomic mass is 16.5. The second-order valence-electron chi connectivity index (χ2n) is 6.90. The fraction of sp³-hybridized carbons (Fsp3) is 0.364. The van der Waals surface area contributed by atoms with Crippen molar-refractivity contribution < 1.29 is 14.3 Å².